The Morgan fingerprint density at radius 1 is 1.33 bits per heavy atom. The summed E-state index contributed by atoms with van der Waals surface area (Å²) in [6, 6.07) is 0. The first-order valence-corrected chi connectivity index (χ1v) is 8.88. The average Bonchev–Trinajstić information content (AvgIpc) is 2.84. The van der Waals surface area contributed by atoms with Crippen molar-refractivity contribution in [2.75, 3.05) is 0 Å². The molecule has 4 aliphatic carbocycles. The van der Waals surface area contributed by atoms with Gasteiger partial charge in [-0.15, -0.1) is 0 Å². The summed E-state index contributed by atoms with van der Waals surface area (Å²) < 4.78 is 0. The standard InChI is InChI=1S/C20H28O/c1-3-20-12-13(2)19-15-7-5-4-6-14(15)8-9-16(19)17(20)10-11-18(20)21/h4-6,15-19,21H,2-3,7-12H2,1H3/t15-,16-,17-,18-,19+,20-/m0/s1. The molecule has 0 unspecified atom stereocenters. The highest BCUT2D eigenvalue weighted by Crippen LogP contribution is 2.64. The minimum Gasteiger partial charge on any atom is -0.393 e. The van der Waals surface area contributed by atoms with Gasteiger partial charge in [-0.05, 0) is 68.6 Å². The third-order valence-corrected chi connectivity index (χ3v) is 7.33. The van der Waals surface area contributed by atoms with Crippen molar-refractivity contribution in [3.8, 4) is 0 Å². The first-order valence-electron chi connectivity index (χ1n) is 8.88. The molecule has 4 rings (SSSR count). The lowest BCUT2D eigenvalue weighted by atomic mass is 9.50. The molecule has 1 heteroatoms. The zero-order valence-corrected chi connectivity index (χ0v) is 13.2. The number of hydrogen-bond acceptors (Lipinski definition) is 1. The van der Waals surface area contributed by atoms with E-state index in [1.54, 1.807) is 5.57 Å². The third-order valence-electron chi connectivity index (χ3n) is 7.33. The van der Waals surface area contributed by atoms with Crippen LogP contribution in [0.15, 0.2) is 36.0 Å². The van der Waals surface area contributed by atoms with Gasteiger partial charge >= 0.3 is 0 Å². The van der Waals surface area contributed by atoms with Crippen LogP contribution in [0, 0.1) is 29.1 Å². The summed E-state index contributed by atoms with van der Waals surface area (Å²) in [5, 5.41) is 10.7. The molecular formula is C20H28O. The van der Waals surface area contributed by atoms with Crippen LogP contribution in [-0.2, 0) is 0 Å². The molecule has 4 aliphatic rings. The highest BCUT2D eigenvalue weighted by molar-refractivity contribution is 5.31. The van der Waals surface area contributed by atoms with E-state index in [1.165, 1.54) is 31.3 Å². The number of allylic oxidation sites excluding steroid dienone is 5. The van der Waals surface area contributed by atoms with Crippen LogP contribution in [0.5, 0.6) is 0 Å². The SMILES string of the molecule is C=C1C[C@]2(CC)[C@@H](O)CC[C@H]2[C@@H]2CCC3=CC=CC[C@@H]3[C@@H]12. The lowest BCUT2D eigenvalue weighted by Gasteiger charge is -2.55. The van der Waals surface area contributed by atoms with Gasteiger partial charge < -0.3 is 5.11 Å². The monoisotopic (exact) mass is 284 g/mol. The van der Waals surface area contributed by atoms with Crippen LogP contribution in [0.25, 0.3) is 0 Å². The first-order chi connectivity index (χ1) is 10.2. The van der Waals surface area contributed by atoms with E-state index in [2.05, 4.69) is 31.7 Å². The van der Waals surface area contributed by atoms with E-state index >= 15 is 0 Å². The van der Waals surface area contributed by atoms with Crippen molar-refractivity contribution in [3.63, 3.8) is 0 Å². The molecule has 0 radical (unpaired) electrons. The van der Waals surface area contributed by atoms with Crippen LogP contribution in [-0.4, -0.2) is 11.2 Å². The fourth-order valence-electron chi connectivity index (χ4n) is 6.40. The molecule has 0 aromatic heterocycles. The van der Waals surface area contributed by atoms with E-state index in [0.717, 1.165) is 31.1 Å². The smallest absolute Gasteiger partial charge is 0.0602 e. The molecule has 1 N–H and O–H groups in total. The van der Waals surface area contributed by atoms with Crippen molar-refractivity contribution in [2.45, 2.75) is 58.0 Å². The van der Waals surface area contributed by atoms with Gasteiger partial charge in [-0.25, -0.2) is 0 Å². The molecule has 21 heavy (non-hydrogen) atoms. The second-order valence-corrected chi connectivity index (χ2v) is 7.86. The van der Waals surface area contributed by atoms with Crippen molar-refractivity contribution >= 4 is 0 Å². The van der Waals surface area contributed by atoms with E-state index in [4.69, 9.17) is 0 Å². The lowest BCUT2D eigenvalue weighted by molar-refractivity contribution is -0.0401. The Bertz CT molecular complexity index is 514. The second-order valence-electron chi connectivity index (χ2n) is 7.86. The molecule has 0 saturated heterocycles. The van der Waals surface area contributed by atoms with Gasteiger partial charge in [0.1, 0.15) is 0 Å². The topological polar surface area (TPSA) is 20.2 Å². The minimum absolute atomic E-state index is 0.0895. The summed E-state index contributed by atoms with van der Waals surface area (Å²) >= 11 is 0. The quantitative estimate of drug-likeness (QED) is 0.695. The van der Waals surface area contributed by atoms with E-state index in [-0.39, 0.29) is 11.5 Å². The Morgan fingerprint density at radius 3 is 3.00 bits per heavy atom. The van der Waals surface area contributed by atoms with Crippen LogP contribution in [0.4, 0.5) is 0 Å². The molecule has 6 atom stereocenters. The zero-order chi connectivity index (χ0) is 14.6. The van der Waals surface area contributed by atoms with E-state index in [9.17, 15) is 5.11 Å². The Balaban J connectivity index is 1.71. The van der Waals surface area contributed by atoms with Gasteiger partial charge in [-0.2, -0.15) is 0 Å². The van der Waals surface area contributed by atoms with Gasteiger partial charge in [-0.3, -0.25) is 0 Å². The Hall–Kier alpha value is -0.820. The summed E-state index contributed by atoms with van der Waals surface area (Å²) in [7, 11) is 0. The average molecular weight is 284 g/mol. The minimum atomic E-state index is -0.0895. The summed E-state index contributed by atoms with van der Waals surface area (Å²) in [4.78, 5) is 0. The molecule has 0 aromatic carbocycles. The molecule has 0 amide bonds. The van der Waals surface area contributed by atoms with Crippen molar-refractivity contribution < 1.29 is 5.11 Å². The number of fused-ring (bicyclic) bond motifs is 5. The van der Waals surface area contributed by atoms with Crippen molar-refractivity contribution in [2.24, 2.45) is 29.1 Å². The Morgan fingerprint density at radius 2 is 2.19 bits per heavy atom. The van der Waals surface area contributed by atoms with Crippen molar-refractivity contribution in [1.82, 2.24) is 0 Å². The summed E-state index contributed by atoms with van der Waals surface area (Å²) in [6.07, 6.45) is 15.1. The fourth-order valence-corrected chi connectivity index (χ4v) is 6.40. The van der Waals surface area contributed by atoms with Gasteiger partial charge in [0, 0.05) is 5.41 Å². The maximum atomic E-state index is 10.7. The second kappa shape index (κ2) is 4.84. The molecule has 1 nitrogen and oxygen atoms in total. The maximum Gasteiger partial charge on any atom is 0.0602 e. The van der Waals surface area contributed by atoms with Gasteiger partial charge in [0.05, 0.1) is 6.10 Å². The molecule has 114 valence electrons. The van der Waals surface area contributed by atoms with E-state index in [1.807, 2.05) is 0 Å². The van der Waals surface area contributed by atoms with Gasteiger partial charge in [0.2, 0.25) is 0 Å². The number of aliphatic hydroxyl groups is 1. The number of aliphatic hydroxyl groups excluding tert-OH is 1. The summed E-state index contributed by atoms with van der Waals surface area (Å²) in [5.41, 5.74) is 3.27. The van der Waals surface area contributed by atoms with Gasteiger partial charge in [0.25, 0.3) is 0 Å². The highest BCUT2D eigenvalue weighted by atomic mass is 16.3. The molecule has 3 fully saturated rings. The summed E-state index contributed by atoms with van der Waals surface area (Å²) in [6.45, 7) is 6.80. The van der Waals surface area contributed by atoms with Crippen LogP contribution < -0.4 is 0 Å². The van der Waals surface area contributed by atoms with Crippen LogP contribution in [0.1, 0.15) is 51.9 Å². The lowest BCUT2D eigenvalue weighted by Crippen LogP contribution is -2.49. The molecule has 0 spiro atoms. The number of hydrogen-bond donors (Lipinski definition) is 1. The van der Waals surface area contributed by atoms with Crippen molar-refractivity contribution in [1.29, 1.82) is 0 Å². The largest absolute Gasteiger partial charge is 0.393 e. The molecule has 3 saturated carbocycles. The van der Waals surface area contributed by atoms with Gasteiger partial charge in [-0.1, -0.05) is 42.9 Å². The van der Waals surface area contributed by atoms with Crippen LogP contribution in [0.2, 0.25) is 0 Å². The molecule has 0 heterocycles. The highest BCUT2D eigenvalue weighted by Gasteiger charge is 2.58. The normalized spacial score (nSPS) is 48.4. The predicted molar refractivity (Wildman–Crippen MR) is 86.8 cm³/mol. The zero-order valence-electron chi connectivity index (χ0n) is 13.2. The van der Waals surface area contributed by atoms with Crippen LogP contribution in [0.3, 0.4) is 0 Å². The fraction of sp³-hybridized carbons (Fsp3) is 0.700. The maximum absolute atomic E-state index is 10.7. The molecule has 0 aliphatic heterocycles. The first kappa shape index (κ1) is 13.8. The van der Waals surface area contributed by atoms with Crippen LogP contribution >= 0.6 is 0 Å². The molecule has 0 aromatic rings. The summed E-state index contributed by atoms with van der Waals surface area (Å²) in [5.74, 6) is 2.91. The van der Waals surface area contributed by atoms with Crippen molar-refractivity contribution in [3.05, 3.63) is 36.0 Å². The molecule has 0 bridgehead atoms. The number of rotatable bonds is 1. The third kappa shape index (κ3) is 1.79. The Labute approximate surface area is 128 Å². The Kier molecular flexibility index (Phi) is 3.19. The van der Waals surface area contributed by atoms with Gasteiger partial charge in [0.15, 0.2) is 0 Å². The predicted octanol–water partition coefficient (Wildman–Crippen LogP) is 4.64. The molecular weight excluding hydrogens is 256 g/mol. The van der Waals surface area contributed by atoms with E-state index in [0.29, 0.717) is 11.8 Å². The van der Waals surface area contributed by atoms with E-state index < -0.39 is 0 Å².